The Bertz CT molecular complexity index is 582. The maximum atomic E-state index is 12.8. The second-order valence-electron chi connectivity index (χ2n) is 4.43. The van der Waals surface area contributed by atoms with Gasteiger partial charge in [0.05, 0.1) is 6.20 Å². The van der Waals surface area contributed by atoms with Crippen LogP contribution in [0, 0.1) is 11.6 Å². The Labute approximate surface area is 115 Å². The van der Waals surface area contributed by atoms with Crippen LogP contribution in [0.25, 0.3) is 0 Å². The summed E-state index contributed by atoms with van der Waals surface area (Å²) < 4.78 is 25.5. The van der Waals surface area contributed by atoms with E-state index in [2.05, 4.69) is 4.98 Å². The van der Waals surface area contributed by atoms with Crippen molar-refractivity contribution in [2.24, 2.45) is 0 Å². The predicted octanol–water partition coefficient (Wildman–Crippen LogP) is 3.07. The minimum atomic E-state index is -0.468. The average molecular weight is 276 g/mol. The molecule has 104 valence electrons. The van der Waals surface area contributed by atoms with Crippen molar-refractivity contribution in [3.05, 3.63) is 59.9 Å². The van der Waals surface area contributed by atoms with Gasteiger partial charge < -0.3 is 4.90 Å². The van der Waals surface area contributed by atoms with Gasteiger partial charge in [0, 0.05) is 25.7 Å². The van der Waals surface area contributed by atoms with Gasteiger partial charge >= 0.3 is 0 Å². The number of pyridine rings is 1. The van der Waals surface area contributed by atoms with Gasteiger partial charge in [-0.15, -0.1) is 0 Å². The summed E-state index contributed by atoms with van der Waals surface area (Å²) in [6.45, 7) is 0.476. The third kappa shape index (κ3) is 3.60. The maximum Gasteiger partial charge on any atom is 0.182 e. The fraction of sp³-hybridized carbons (Fsp3) is 0.200. The van der Waals surface area contributed by atoms with E-state index in [-0.39, 0.29) is 23.7 Å². The van der Waals surface area contributed by atoms with Crippen molar-refractivity contribution < 1.29 is 13.6 Å². The molecular weight excluding hydrogens is 262 g/mol. The third-order valence-corrected chi connectivity index (χ3v) is 2.95. The molecule has 0 aliphatic rings. The number of aromatic nitrogens is 1. The second kappa shape index (κ2) is 6.23. The molecule has 2 aromatic rings. The van der Waals surface area contributed by atoms with E-state index in [9.17, 15) is 13.6 Å². The van der Waals surface area contributed by atoms with Crippen molar-refractivity contribution in [1.29, 1.82) is 0 Å². The lowest BCUT2D eigenvalue weighted by Gasteiger charge is -2.18. The first-order valence-electron chi connectivity index (χ1n) is 6.18. The fourth-order valence-corrected chi connectivity index (χ4v) is 1.76. The zero-order valence-electron chi connectivity index (χ0n) is 11.0. The Balaban J connectivity index is 1.92. The molecule has 1 heterocycles. The lowest BCUT2D eigenvalue weighted by Crippen LogP contribution is -2.21. The summed E-state index contributed by atoms with van der Waals surface area (Å²) in [4.78, 5) is 17.5. The molecule has 0 saturated heterocycles. The number of Topliss-reactive ketones (excluding diaryl/α,β-unsaturated/α-hetero) is 1. The Morgan fingerprint density at radius 3 is 2.35 bits per heavy atom. The summed E-state index contributed by atoms with van der Waals surface area (Å²) in [6, 6.07) is 8.62. The minimum Gasteiger partial charge on any atom is -0.374 e. The molecule has 0 unspecified atom stereocenters. The van der Waals surface area contributed by atoms with Crippen LogP contribution in [0.5, 0.6) is 0 Å². The molecule has 0 bridgehead atoms. The van der Waals surface area contributed by atoms with Crippen LogP contribution in [0.3, 0.4) is 0 Å². The number of anilines is 1. The molecule has 1 aromatic heterocycles. The second-order valence-corrected chi connectivity index (χ2v) is 4.43. The summed E-state index contributed by atoms with van der Waals surface area (Å²) in [5.74, 6) is -0.919. The first-order valence-corrected chi connectivity index (χ1v) is 6.18. The van der Waals surface area contributed by atoms with Crippen LogP contribution in [0.15, 0.2) is 42.6 Å². The van der Waals surface area contributed by atoms with Crippen molar-refractivity contribution in [1.82, 2.24) is 4.98 Å². The molecular formula is C15H14F2N2O. The molecule has 0 aliphatic heterocycles. The van der Waals surface area contributed by atoms with Crippen molar-refractivity contribution in [3.8, 4) is 0 Å². The van der Waals surface area contributed by atoms with Gasteiger partial charge in [-0.25, -0.2) is 8.78 Å². The molecule has 0 amide bonds. The van der Waals surface area contributed by atoms with E-state index in [0.717, 1.165) is 11.9 Å². The van der Waals surface area contributed by atoms with Gasteiger partial charge in [0.25, 0.3) is 0 Å². The van der Waals surface area contributed by atoms with Crippen molar-refractivity contribution in [3.63, 3.8) is 0 Å². The summed E-state index contributed by atoms with van der Waals surface area (Å²) in [5.41, 5.74) is 1.07. The molecule has 0 saturated carbocycles. The van der Waals surface area contributed by atoms with Gasteiger partial charge in [-0.2, -0.15) is 0 Å². The molecule has 1 aromatic carbocycles. The minimum absolute atomic E-state index is 0.154. The molecule has 0 aliphatic carbocycles. The number of ketones is 1. The normalized spacial score (nSPS) is 10.3. The number of carbonyl (C=O) groups is 1. The molecule has 0 fully saturated rings. The number of carbonyl (C=O) groups excluding carboxylic acids is 1. The van der Waals surface area contributed by atoms with Crippen molar-refractivity contribution >= 4 is 11.5 Å². The lowest BCUT2D eigenvalue weighted by molar-refractivity contribution is 0.0980. The maximum absolute atomic E-state index is 12.8. The molecule has 0 N–H and O–H groups in total. The van der Waals surface area contributed by atoms with Gasteiger partial charge in [0.1, 0.15) is 17.3 Å². The largest absolute Gasteiger partial charge is 0.374 e. The Hall–Kier alpha value is -2.30. The van der Waals surface area contributed by atoms with E-state index >= 15 is 0 Å². The topological polar surface area (TPSA) is 33.2 Å². The Morgan fingerprint density at radius 1 is 1.10 bits per heavy atom. The summed E-state index contributed by atoms with van der Waals surface area (Å²) in [5, 5.41) is 0. The van der Waals surface area contributed by atoms with Gasteiger partial charge in [-0.1, -0.05) is 0 Å². The highest BCUT2D eigenvalue weighted by Gasteiger charge is 2.09. The van der Waals surface area contributed by atoms with Crippen LogP contribution in [0.1, 0.15) is 16.9 Å². The number of hydrogen-bond acceptors (Lipinski definition) is 3. The molecule has 20 heavy (non-hydrogen) atoms. The van der Waals surface area contributed by atoms with E-state index in [1.807, 2.05) is 11.9 Å². The molecule has 0 atom stereocenters. The first-order chi connectivity index (χ1) is 9.56. The molecule has 0 radical (unpaired) electrons. The van der Waals surface area contributed by atoms with E-state index < -0.39 is 5.82 Å². The van der Waals surface area contributed by atoms with Crippen LogP contribution in [-0.4, -0.2) is 24.4 Å². The summed E-state index contributed by atoms with van der Waals surface area (Å²) in [7, 11) is 1.82. The highest BCUT2D eigenvalue weighted by Crippen LogP contribution is 2.13. The third-order valence-electron chi connectivity index (χ3n) is 2.95. The summed E-state index contributed by atoms with van der Waals surface area (Å²) >= 11 is 0. The van der Waals surface area contributed by atoms with Gasteiger partial charge in [0.2, 0.25) is 0 Å². The van der Waals surface area contributed by atoms with Gasteiger partial charge in [-0.3, -0.25) is 9.78 Å². The Morgan fingerprint density at radius 2 is 1.75 bits per heavy atom. The SMILES string of the molecule is CN(CCC(=O)c1ccc(F)cn1)c1ccc(F)cc1. The fourth-order valence-electron chi connectivity index (χ4n) is 1.76. The standard InChI is InChI=1S/C15H14F2N2O/c1-19(13-5-2-11(16)3-6-13)9-8-15(20)14-7-4-12(17)10-18-14/h2-7,10H,8-9H2,1H3. The predicted molar refractivity (Wildman–Crippen MR) is 72.8 cm³/mol. The highest BCUT2D eigenvalue weighted by atomic mass is 19.1. The number of rotatable bonds is 5. The zero-order valence-corrected chi connectivity index (χ0v) is 11.0. The first kappa shape index (κ1) is 14.1. The quantitative estimate of drug-likeness (QED) is 0.787. The van der Waals surface area contributed by atoms with Crippen LogP contribution in [-0.2, 0) is 0 Å². The zero-order chi connectivity index (χ0) is 14.5. The smallest absolute Gasteiger partial charge is 0.182 e. The van der Waals surface area contributed by atoms with Crippen LogP contribution >= 0.6 is 0 Å². The number of hydrogen-bond donors (Lipinski definition) is 0. The molecule has 0 spiro atoms. The number of benzene rings is 1. The van der Waals surface area contributed by atoms with Crippen LogP contribution in [0.2, 0.25) is 0 Å². The summed E-state index contributed by atoms with van der Waals surface area (Å²) in [6.07, 6.45) is 1.28. The van der Waals surface area contributed by atoms with Crippen molar-refractivity contribution in [2.45, 2.75) is 6.42 Å². The molecule has 3 nitrogen and oxygen atoms in total. The average Bonchev–Trinajstić information content (AvgIpc) is 2.46. The highest BCUT2D eigenvalue weighted by molar-refractivity contribution is 5.94. The van der Waals surface area contributed by atoms with E-state index in [0.29, 0.717) is 6.54 Å². The Kier molecular flexibility index (Phi) is 4.40. The molecule has 2 rings (SSSR count). The van der Waals surface area contributed by atoms with Gasteiger partial charge in [0.15, 0.2) is 5.78 Å². The lowest BCUT2D eigenvalue weighted by atomic mass is 10.2. The number of halogens is 2. The monoisotopic (exact) mass is 276 g/mol. The van der Waals surface area contributed by atoms with Crippen LogP contribution in [0.4, 0.5) is 14.5 Å². The van der Waals surface area contributed by atoms with Crippen molar-refractivity contribution in [2.75, 3.05) is 18.5 Å². The van der Waals surface area contributed by atoms with E-state index in [1.165, 1.54) is 24.3 Å². The van der Waals surface area contributed by atoms with E-state index in [1.54, 1.807) is 12.1 Å². The molecule has 5 heteroatoms. The van der Waals surface area contributed by atoms with E-state index in [4.69, 9.17) is 0 Å². The van der Waals surface area contributed by atoms with Gasteiger partial charge in [-0.05, 0) is 36.4 Å². The van der Waals surface area contributed by atoms with Crippen LogP contribution < -0.4 is 4.90 Å². The number of nitrogens with zero attached hydrogens (tertiary/aromatic N) is 2.